The second-order valence-electron chi connectivity index (χ2n) is 5.72. The van der Waals surface area contributed by atoms with Crippen molar-refractivity contribution in [1.29, 1.82) is 0 Å². The van der Waals surface area contributed by atoms with E-state index in [4.69, 9.17) is 9.84 Å². The highest BCUT2D eigenvalue weighted by molar-refractivity contribution is 6.83. The van der Waals surface area contributed by atoms with Crippen LogP contribution < -0.4 is 4.74 Å². The zero-order valence-corrected chi connectivity index (χ0v) is 13.6. The van der Waals surface area contributed by atoms with Crippen molar-refractivity contribution in [2.45, 2.75) is 39.4 Å². The molecule has 0 saturated heterocycles. The highest BCUT2D eigenvalue weighted by Crippen LogP contribution is 2.21. The summed E-state index contributed by atoms with van der Waals surface area (Å²) in [6, 6.07) is 5.04. The maximum absolute atomic E-state index is 11.2. The summed E-state index contributed by atoms with van der Waals surface area (Å²) in [5.41, 5.74) is 4.27. The van der Waals surface area contributed by atoms with Crippen LogP contribution in [0.25, 0.3) is 0 Å². The fourth-order valence-corrected chi connectivity index (χ4v) is 2.00. The van der Waals surface area contributed by atoms with Gasteiger partial charge in [0.25, 0.3) is 0 Å². The molecule has 0 saturated carbocycles. The first-order valence-corrected chi connectivity index (χ1v) is 10.4. The zero-order valence-electron chi connectivity index (χ0n) is 12.6. The summed E-state index contributed by atoms with van der Waals surface area (Å²) >= 11 is 0. The monoisotopic (exact) mass is 290 g/mol. The van der Waals surface area contributed by atoms with Gasteiger partial charge in [-0.05, 0) is 24.6 Å². The Bertz CT molecular complexity index is 533. The fourth-order valence-electron chi connectivity index (χ4n) is 1.48. The van der Waals surface area contributed by atoms with Crippen molar-refractivity contribution in [1.82, 2.24) is 0 Å². The molecule has 20 heavy (non-hydrogen) atoms. The van der Waals surface area contributed by atoms with E-state index in [1.807, 2.05) is 0 Å². The molecule has 0 heterocycles. The Morgan fingerprint density at radius 3 is 2.60 bits per heavy atom. The van der Waals surface area contributed by atoms with E-state index in [0.29, 0.717) is 12.4 Å². The molecule has 108 valence electrons. The maximum Gasteiger partial charge on any atom is 0.339 e. The molecule has 0 fully saturated rings. The molecule has 1 aromatic carbocycles. The average molecular weight is 290 g/mol. The molecule has 0 aromatic heterocycles. The van der Waals surface area contributed by atoms with Gasteiger partial charge in [0.1, 0.15) is 19.4 Å². The van der Waals surface area contributed by atoms with Gasteiger partial charge < -0.3 is 9.84 Å². The number of carbonyl (C=O) groups is 1. The second-order valence-corrected chi connectivity index (χ2v) is 10.5. The number of carboxylic acids is 1. The van der Waals surface area contributed by atoms with Crippen molar-refractivity contribution < 1.29 is 14.6 Å². The number of unbranched alkanes of at least 4 members (excludes halogenated alkanes) is 1. The predicted octanol–water partition coefficient (Wildman–Crippen LogP) is 3.79. The van der Waals surface area contributed by atoms with Crippen molar-refractivity contribution in [2.24, 2.45) is 0 Å². The lowest BCUT2D eigenvalue weighted by atomic mass is 10.1. The topological polar surface area (TPSA) is 46.5 Å². The molecule has 0 radical (unpaired) electrons. The number of hydrogen-bond donors (Lipinski definition) is 1. The number of rotatable bonds is 5. The van der Waals surface area contributed by atoms with Gasteiger partial charge >= 0.3 is 5.97 Å². The summed E-state index contributed by atoms with van der Waals surface area (Å²) in [6.07, 6.45) is 1.92. The van der Waals surface area contributed by atoms with Gasteiger partial charge in [0.05, 0.1) is 6.61 Å². The lowest BCUT2D eigenvalue weighted by molar-refractivity contribution is 0.0692. The first-order valence-electron chi connectivity index (χ1n) is 6.87. The molecule has 1 N–H and O–H groups in total. The van der Waals surface area contributed by atoms with Crippen LogP contribution in [0.5, 0.6) is 5.75 Å². The van der Waals surface area contributed by atoms with E-state index in [9.17, 15) is 4.79 Å². The van der Waals surface area contributed by atoms with E-state index < -0.39 is 14.0 Å². The first kappa shape index (κ1) is 16.3. The van der Waals surface area contributed by atoms with Crippen LogP contribution in [0.15, 0.2) is 18.2 Å². The highest BCUT2D eigenvalue weighted by atomic mass is 28.3. The Balaban J connectivity index is 3.03. The minimum atomic E-state index is -1.44. The zero-order chi connectivity index (χ0) is 15.2. The van der Waals surface area contributed by atoms with E-state index in [1.54, 1.807) is 18.2 Å². The summed E-state index contributed by atoms with van der Waals surface area (Å²) in [6.45, 7) is 9.11. The lowest BCUT2D eigenvalue weighted by Crippen LogP contribution is -2.16. The van der Waals surface area contributed by atoms with Crippen LogP contribution in [-0.2, 0) is 0 Å². The summed E-state index contributed by atoms with van der Waals surface area (Å²) < 4.78 is 5.57. The summed E-state index contributed by atoms with van der Waals surface area (Å²) in [4.78, 5) is 11.2. The van der Waals surface area contributed by atoms with Crippen LogP contribution >= 0.6 is 0 Å². The van der Waals surface area contributed by atoms with Gasteiger partial charge in [0.2, 0.25) is 0 Å². The molecule has 0 amide bonds. The molecule has 1 aromatic rings. The Labute approximate surface area is 122 Å². The third-order valence-corrected chi connectivity index (χ3v) is 3.42. The largest absolute Gasteiger partial charge is 0.493 e. The van der Waals surface area contributed by atoms with Crippen molar-refractivity contribution in [3.63, 3.8) is 0 Å². The van der Waals surface area contributed by atoms with E-state index >= 15 is 0 Å². The van der Waals surface area contributed by atoms with Gasteiger partial charge in [-0.1, -0.05) is 38.9 Å². The van der Waals surface area contributed by atoms with Gasteiger partial charge in [-0.25, -0.2) is 4.79 Å². The number of benzene rings is 1. The first-order chi connectivity index (χ1) is 9.33. The minimum Gasteiger partial charge on any atom is -0.493 e. The fraction of sp³-hybridized carbons (Fsp3) is 0.438. The second kappa shape index (κ2) is 7.16. The van der Waals surface area contributed by atoms with Crippen LogP contribution in [0.4, 0.5) is 0 Å². The van der Waals surface area contributed by atoms with Gasteiger partial charge in [-0.2, -0.15) is 0 Å². The maximum atomic E-state index is 11.2. The Kier molecular flexibility index (Phi) is 5.84. The highest BCUT2D eigenvalue weighted by Gasteiger charge is 2.12. The van der Waals surface area contributed by atoms with Crippen molar-refractivity contribution in [3.05, 3.63) is 29.3 Å². The lowest BCUT2D eigenvalue weighted by Gasteiger charge is -2.09. The van der Waals surface area contributed by atoms with Gasteiger partial charge in [0, 0.05) is 5.56 Å². The molecule has 0 aliphatic carbocycles. The predicted molar refractivity (Wildman–Crippen MR) is 84.0 cm³/mol. The van der Waals surface area contributed by atoms with E-state index in [0.717, 1.165) is 18.4 Å². The van der Waals surface area contributed by atoms with E-state index in [2.05, 4.69) is 38.0 Å². The summed E-state index contributed by atoms with van der Waals surface area (Å²) in [5.74, 6) is 2.56. The third kappa shape index (κ3) is 5.50. The van der Waals surface area contributed by atoms with Crippen molar-refractivity contribution in [3.8, 4) is 17.2 Å². The minimum absolute atomic E-state index is 0.194. The molecule has 0 unspecified atom stereocenters. The van der Waals surface area contributed by atoms with Crippen molar-refractivity contribution in [2.75, 3.05) is 6.61 Å². The number of ether oxygens (including phenoxy) is 1. The van der Waals surface area contributed by atoms with Gasteiger partial charge in [-0.15, -0.1) is 5.54 Å². The average Bonchev–Trinajstić information content (AvgIpc) is 2.36. The van der Waals surface area contributed by atoms with Gasteiger partial charge in [0.15, 0.2) is 0 Å². The van der Waals surface area contributed by atoms with Crippen molar-refractivity contribution >= 4 is 14.0 Å². The third-order valence-electron chi connectivity index (χ3n) is 2.55. The Hall–Kier alpha value is -1.73. The van der Waals surface area contributed by atoms with Crippen LogP contribution in [0.1, 0.15) is 35.7 Å². The molecule has 0 atom stereocenters. The number of carboxylic acid groups (broad SMARTS) is 1. The Morgan fingerprint density at radius 1 is 1.35 bits per heavy atom. The normalized spacial score (nSPS) is 10.6. The molecular weight excluding hydrogens is 268 g/mol. The smallest absolute Gasteiger partial charge is 0.339 e. The number of aromatic carboxylic acids is 1. The SMILES string of the molecule is CCCCOc1cc(C#C[Si](C)(C)C)ccc1C(=O)O. The standard InChI is InChI=1S/C16H22O3Si/c1-5-6-10-19-15-12-13(9-11-20(2,3)4)7-8-14(15)16(17)18/h7-8,12H,5-6,10H2,1-4H3,(H,17,18). The molecule has 3 nitrogen and oxygen atoms in total. The van der Waals surface area contributed by atoms with Crippen LogP contribution in [0.3, 0.4) is 0 Å². The molecule has 4 heteroatoms. The van der Waals surface area contributed by atoms with E-state index in [1.165, 1.54) is 0 Å². The quantitative estimate of drug-likeness (QED) is 0.510. The molecule has 0 bridgehead atoms. The summed E-state index contributed by atoms with van der Waals surface area (Å²) in [7, 11) is -1.44. The molecule has 1 rings (SSSR count). The molecule has 0 aliphatic heterocycles. The summed E-state index contributed by atoms with van der Waals surface area (Å²) in [5, 5.41) is 9.16. The van der Waals surface area contributed by atoms with Crippen LogP contribution in [0.2, 0.25) is 19.6 Å². The molecule has 0 spiro atoms. The Morgan fingerprint density at radius 2 is 2.05 bits per heavy atom. The van der Waals surface area contributed by atoms with Crippen LogP contribution in [-0.4, -0.2) is 25.8 Å². The molecule has 0 aliphatic rings. The van der Waals surface area contributed by atoms with Crippen LogP contribution in [0, 0.1) is 11.5 Å². The molecular formula is C16H22O3Si. The number of hydrogen-bond acceptors (Lipinski definition) is 2. The van der Waals surface area contributed by atoms with E-state index in [-0.39, 0.29) is 5.56 Å². The van der Waals surface area contributed by atoms with Gasteiger partial charge in [-0.3, -0.25) is 0 Å².